The number of carboxylic acid groups (broad SMARTS) is 1. The summed E-state index contributed by atoms with van der Waals surface area (Å²) in [5.74, 6) is -5.79. The molecule has 3 heterocycles. The number of benzene rings is 2. The van der Waals surface area contributed by atoms with Gasteiger partial charge < -0.3 is 25.4 Å². The van der Waals surface area contributed by atoms with Crippen LogP contribution in [0.4, 0.5) is 13.2 Å². The van der Waals surface area contributed by atoms with Gasteiger partial charge in [0.2, 0.25) is 17.7 Å². The Hall–Kier alpha value is -5.49. The van der Waals surface area contributed by atoms with Gasteiger partial charge in [0.1, 0.15) is 18.1 Å². The third-order valence-electron chi connectivity index (χ3n) is 8.67. The fraction of sp³-hybridized carbons (Fsp3) is 0.400. The van der Waals surface area contributed by atoms with Crippen LogP contribution < -0.4 is 15.4 Å². The van der Waals surface area contributed by atoms with E-state index in [1.807, 2.05) is 19.0 Å². The first-order valence-electron chi connectivity index (χ1n) is 16.8. The van der Waals surface area contributed by atoms with Gasteiger partial charge in [0.15, 0.2) is 18.1 Å². The highest BCUT2D eigenvalue weighted by Gasteiger charge is 2.45. The number of alkyl halides is 3. The quantitative estimate of drug-likeness (QED) is 0.234. The van der Waals surface area contributed by atoms with Gasteiger partial charge in [0.25, 0.3) is 11.8 Å². The number of nitrogens with zero attached hydrogens (tertiary/aromatic N) is 5. The number of aromatic nitrogens is 2. The number of hydrazine groups is 1. The molecule has 4 amide bonds. The molecule has 2 aromatic carbocycles. The molecule has 2 aliphatic rings. The third-order valence-corrected chi connectivity index (χ3v) is 8.92. The molecule has 2 aliphatic heterocycles. The summed E-state index contributed by atoms with van der Waals surface area (Å²) in [4.78, 5) is 81.1. The highest BCUT2D eigenvalue weighted by molar-refractivity contribution is 6.30. The number of carboxylic acids is 1. The molecule has 15 nitrogen and oxygen atoms in total. The van der Waals surface area contributed by atoms with Crippen LogP contribution in [0, 0.1) is 0 Å². The Morgan fingerprint density at radius 1 is 1.06 bits per heavy atom. The zero-order valence-electron chi connectivity index (χ0n) is 29.1. The number of aliphatic carboxylic acids is 1. The first kappa shape index (κ1) is 39.7. The van der Waals surface area contributed by atoms with Crippen molar-refractivity contribution in [3.8, 4) is 11.6 Å². The highest BCUT2D eigenvalue weighted by Crippen LogP contribution is 2.32. The summed E-state index contributed by atoms with van der Waals surface area (Å²) in [6.07, 6.45) is -5.68. The third kappa shape index (κ3) is 9.54. The molecule has 5 rings (SSSR count). The summed E-state index contributed by atoms with van der Waals surface area (Å²) >= 11 is 5.89. The molecular weight excluding hydrogens is 739 g/mol. The fourth-order valence-corrected chi connectivity index (χ4v) is 6.21. The number of carbonyl (C=O) groups is 6. The number of Topliss-reactive ketones (excluding diaryl/α,β-unsaturated/α-hetero) is 1. The van der Waals surface area contributed by atoms with Crippen LogP contribution in [-0.4, -0.2) is 111 Å². The van der Waals surface area contributed by atoms with Crippen molar-refractivity contribution in [1.29, 1.82) is 0 Å². The van der Waals surface area contributed by atoms with E-state index in [-0.39, 0.29) is 43.5 Å². The van der Waals surface area contributed by atoms with E-state index in [9.17, 15) is 47.0 Å². The van der Waals surface area contributed by atoms with Crippen LogP contribution in [-0.2, 0) is 36.7 Å². The Bertz CT molecular complexity index is 1900. The number of ether oxygens (including phenoxy) is 1. The molecule has 0 spiro atoms. The number of amides is 4. The molecule has 3 aromatic rings. The highest BCUT2D eigenvalue weighted by atomic mass is 35.5. The van der Waals surface area contributed by atoms with Crippen LogP contribution in [0.1, 0.15) is 53.7 Å². The normalized spacial score (nSPS) is 18.1. The molecule has 54 heavy (non-hydrogen) atoms. The topological polar surface area (TPSA) is 183 Å². The van der Waals surface area contributed by atoms with Crippen LogP contribution in [0.2, 0.25) is 5.02 Å². The van der Waals surface area contributed by atoms with Crippen molar-refractivity contribution < 1.29 is 51.8 Å². The summed E-state index contributed by atoms with van der Waals surface area (Å²) in [6, 6.07) is 8.51. The van der Waals surface area contributed by atoms with Crippen molar-refractivity contribution >= 4 is 47.0 Å². The predicted molar refractivity (Wildman–Crippen MR) is 184 cm³/mol. The standard InChI is InChI=1S/C35H37ClF3N7O8/c1-43(2)18-20-5-7-21(8-6-20)32(51)40-24-13-14-29(48)44-15-3-4-26(46(44)34(24)53)33(52)41-25(16-31(49)50)27(47)19-54-30-17-28(35(37,38)39)42-45(30)23-11-9-22(36)10-12-23/h5-12,17,24-26H,3-4,13-16,18-19H2,1-2H3,(H,40,51)(H,41,52)(H,49,50)/t24-,25-,26-/m0/s1. The second-order valence-electron chi connectivity index (χ2n) is 13.0. The van der Waals surface area contributed by atoms with E-state index in [1.165, 1.54) is 24.3 Å². The number of halogens is 4. The number of hydrogen-bond acceptors (Lipinski definition) is 9. The molecule has 3 atom stereocenters. The molecule has 288 valence electrons. The summed E-state index contributed by atoms with van der Waals surface area (Å²) in [7, 11) is 3.80. The SMILES string of the molecule is CN(C)Cc1ccc(C(=O)N[C@H]2CCC(=O)N3CCC[C@@H](C(=O)N[C@@H](CC(=O)O)C(=O)COc4cc(C(F)(F)F)nn4-c4ccc(Cl)cc4)N3C2=O)cc1. The van der Waals surface area contributed by atoms with E-state index < -0.39 is 84.3 Å². The fourth-order valence-electron chi connectivity index (χ4n) is 6.08. The van der Waals surface area contributed by atoms with Gasteiger partial charge in [-0.05, 0) is 75.3 Å². The first-order chi connectivity index (χ1) is 25.5. The van der Waals surface area contributed by atoms with Gasteiger partial charge in [-0.1, -0.05) is 23.7 Å². The number of rotatable bonds is 13. The van der Waals surface area contributed by atoms with Crippen molar-refractivity contribution in [2.24, 2.45) is 0 Å². The lowest BCUT2D eigenvalue weighted by Gasteiger charge is -2.43. The number of ketones is 1. The van der Waals surface area contributed by atoms with Crippen molar-refractivity contribution in [1.82, 2.24) is 35.3 Å². The maximum absolute atomic E-state index is 13.9. The summed E-state index contributed by atoms with van der Waals surface area (Å²) in [6.45, 7) is -0.240. The van der Waals surface area contributed by atoms with Gasteiger partial charge in [-0.25, -0.2) is 9.69 Å². The number of nitrogens with one attached hydrogen (secondary N) is 2. The van der Waals surface area contributed by atoms with E-state index in [4.69, 9.17) is 16.3 Å². The summed E-state index contributed by atoms with van der Waals surface area (Å²) in [5, 5.41) is 20.4. The molecule has 3 N–H and O–H groups in total. The van der Waals surface area contributed by atoms with Gasteiger partial charge in [0.05, 0.1) is 12.1 Å². The van der Waals surface area contributed by atoms with Crippen molar-refractivity contribution in [2.45, 2.75) is 63.0 Å². The molecule has 0 aliphatic carbocycles. The monoisotopic (exact) mass is 775 g/mol. The lowest BCUT2D eigenvalue weighted by Crippen LogP contribution is -2.64. The van der Waals surface area contributed by atoms with Gasteiger partial charge in [-0.15, -0.1) is 0 Å². The van der Waals surface area contributed by atoms with Crippen LogP contribution in [0.25, 0.3) is 5.69 Å². The van der Waals surface area contributed by atoms with Gasteiger partial charge >= 0.3 is 12.1 Å². The van der Waals surface area contributed by atoms with E-state index in [0.29, 0.717) is 17.6 Å². The zero-order chi connectivity index (χ0) is 39.3. The second kappa shape index (κ2) is 16.7. The predicted octanol–water partition coefficient (Wildman–Crippen LogP) is 2.84. The Morgan fingerprint density at radius 3 is 2.37 bits per heavy atom. The van der Waals surface area contributed by atoms with Gasteiger partial charge in [-0.3, -0.25) is 33.8 Å². The molecule has 1 aromatic heterocycles. The summed E-state index contributed by atoms with van der Waals surface area (Å²) < 4.78 is 46.8. The molecule has 0 unspecified atom stereocenters. The van der Waals surface area contributed by atoms with E-state index in [1.54, 1.807) is 24.3 Å². The zero-order valence-corrected chi connectivity index (χ0v) is 29.9. The average molecular weight is 776 g/mol. The minimum atomic E-state index is -4.88. The molecule has 0 bridgehead atoms. The molecule has 0 radical (unpaired) electrons. The maximum Gasteiger partial charge on any atom is 0.435 e. The number of fused-ring (bicyclic) bond motifs is 1. The molecule has 2 fully saturated rings. The second-order valence-corrected chi connectivity index (χ2v) is 13.5. The van der Waals surface area contributed by atoms with Crippen LogP contribution in [0.15, 0.2) is 54.6 Å². The number of carbonyl (C=O) groups excluding carboxylic acids is 5. The van der Waals surface area contributed by atoms with E-state index in [0.717, 1.165) is 20.3 Å². The molecule has 19 heteroatoms. The van der Waals surface area contributed by atoms with Crippen LogP contribution in [0.3, 0.4) is 0 Å². The molecule has 2 saturated heterocycles. The molecule has 0 saturated carbocycles. The van der Waals surface area contributed by atoms with Gasteiger partial charge in [-0.2, -0.15) is 18.3 Å². The largest absolute Gasteiger partial charge is 0.481 e. The van der Waals surface area contributed by atoms with E-state index >= 15 is 0 Å². The maximum atomic E-state index is 13.9. The average Bonchev–Trinajstić information content (AvgIpc) is 3.52. The lowest BCUT2D eigenvalue weighted by molar-refractivity contribution is -0.176. The first-order valence-corrected chi connectivity index (χ1v) is 17.2. The van der Waals surface area contributed by atoms with Crippen molar-refractivity contribution in [3.63, 3.8) is 0 Å². The minimum Gasteiger partial charge on any atom is -0.481 e. The Morgan fingerprint density at radius 2 is 1.74 bits per heavy atom. The lowest BCUT2D eigenvalue weighted by atomic mass is 10.0. The Balaban J connectivity index is 1.31. The number of hydrogen-bond donors (Lipinski definition) is 3. The Labute approximate surface area is 311 Å². The van der Waals surface area contributed by atoms with Crippen LogP contribution in [0.5, 0.6) is 5.88 Å². The van der Waals surface area contributed by atoms with Gasteiger partial charge in [0, 0.05) is 36.2 Å². The van der Waals surface area contributed by atoms with Crippen molar-refractivity contribution in [2.75, 3.05) is 27.2 Å². The molecular formula is C35H37ClF3N7O8. The van der Waals surface area contributed by atoms with Crippen molar-refractivity contribution in [3.05, 3.63) is 76.4 Å². The van der Waals surface area contributed by atoms with E-state index in [2.05, 4.69) is 15.7 Å². The summed E-state index contributed by atoms with van der Waals surface area (Å²) in [5.41, 5.74) is 0.00512. The minimum absolute atomic E-state index is 0.0281. The van der Waals surface area contributed by atoms with Crippen LogP contribution >= 0.6 is 11.6 Å². The Kier molecular flexibility index (Phi) is 12.3. The smallest absolute Gasteiger partial charge is 0.435 e.